The number of aromatic nitrogens is 2. The lowest BCUT2D eigenvalue weighted by Crippen LogP contribution is -2.23. The van der Waals surface area contributed by atoms with Gasteiger partial charge in [0.15, 0.2) is 11.6 Å². The maximum atomic E-state index is 12.9. The summed E-state index contributed by atoms with van der Waals surface area (Å²) in [5.74, 6) is 1.55. The second kappa shape index (κ2) is 13.2. The molecule has 11 nitrogen and oxygen atoms in total. The number of anilines is 5. The molecule has 2 N–H and O–H groups in total. The van der Waals surface area contributed by atoms with E-state index in [1.807, 2.05) is 24.3 Å². The summed E-state index contributed by atoms with van der Waals surface area (Å²) in [6.07, 6.45) is 0.0691. The van der Waals surface area contributed by atoms with Crippen molar-refractivity contribution in [1.29, 1.82) is 0 Å². The van der Waals surface area contributed by atoms with Crippen molar-refractivity contribution in [3.05, 3.63) is 96.6 Å². The van der Waals surface area contributed by atoms with Crippen molar-refractivity contribution in [2.75, 3.05) is 36.3 Å². The molecule has 0 aliphatic heterocycles. The molecule has 0 bridgehead atoms. The number of hydrogen-bond acceptors (Lipinski definition) is 9. The van der Waals surface area contributed by atoms with Crippen LogP contribution in [0.2, 0.25) is 0 Å². The molecular weight excluding hydrogens is 570 g/mol. The molecule has 0 aliphatic carbocycles. The van der Waals surface area contributed by atoms with Gasteiger partial charge in [0.25, 0.3) is 0 Å². The van der Waals surface area contributed by atoms with E-state index in [4.69, 9.17) is 19.2 Å². The normalized spacial score (nSPS) is 11.4. The summed E-state index contributed by atoms with van der Waals surface area (Å²) < 4.78 is 42.7. The van der Waals surface area contributed by atoms with E-state index >= 15 is 0 Å². The first-order valence-corrected chi connectivity index (χ1v) is 14.1. The van der Waals surface area contributed by atoms with Gasteiger partial charge in [-0.25, -0.2) is 9.97 Å². The third-order valence-corrected chi connectivity index (χ3v) is 7.10. The van der Waals surface area contributed by atoms with E-state index in [1.165, 1.54) is 14.2 Å². The second-order valence-corrected chi connectivity index (χ2v) is 10.0. The number of fused-ring (bicyclic) bond motifs is 1. The second-order valence-electron chi connectivity index (χ2n) is 9.21. The highest BCUT2D eigenvalue weighted by Crippen LogP contribution is 2.36. The average molecular weight is 599 g/mol. The number of nitrogens with one attached hydrogen (secondary N) is 2. The fourth-order valence-electron chi connectivity index (χ4n) is 4.45. The number of hydrogen-bond donors (Lipinski definition) is 2. The minimum absolute atomic E-state index is 0.0197. The lowest BCUT2D eigenvalue weighted by molar-refractivity contribution is -0.115. The number of methoxy groups -OCH3 is 3. The summed E-state index contributed by atoms with van der Waals surface area (Å²) >= 11 is -2.82. The molecule has 1 unspecified atom stereocenters. The Kier molecular flexibility index (Phi) is 8.99. The standard InChI is InChI=1S/C31H29N5O6S/c1-40-24-17-22(18-25(19-24)41-2)33-30-31(35-27-13-6-5-12-26(27)34-30)36(43(38)39)23-11-8-10-21(16-23)32-29(37)15-20-9-4-7-14-28(20)42-3/h4-14,16-19H,15H2,1-3H3,(H,32,37)(H,33,34)(H,38,39)/p-1. The molecule has 5 rings (SSSR count). The van der Waals surface area contributed by atoms with Crippen LogP contribution in [-0.2, 0) is 22.5 Å². The topological polar surface area (TPSA) is 138 Å². The van der Waals surface area contributed by atoms with Crippen LogP contribution in [0.15, 0.2) is 91.0 Å². The van der Waals surface area contributed by atoms with Crippen molar-refractivity contribution in [1.82, 2.24) is 9.97 Å². The summed E-state index contributed by atoms with van der Waals surface area (Å²) in [6, 6.07) is 26.0. The molecule has 0 radical (unpaired) electrons. The first-order chi connectivity index (χ1) is 20.9. The number of rotatable bonds is 11. The van der Waals surface area contributed by atoms with Crippen LogP contribution < -0.4 is 29.1 Å². The van der Waals surface area contributed by atoms with Crippen LogP contribution >= 0.6 is 0 Å². The van der Waals surface area contributed by atoms with Gasteiger partial charge in [-0.05, 0) is 36.4 Å². The number of amides is 1. The Bertz CT molecular complexity index is 1780. The van der Waals surface area contributed by atoms with Gasteiger partial charge in [-0.15, -0.1) is 0 Å². The van der Waals surface area contributed by atoms with Gasteiger partial charge in [0.1, 0.15) is 17.2 Å². The molecule has 0 spiro atoms. The minimum Gasteiger partial charge on any atom is -0.755 e. The Labute approximate surface area is 250 Å². The molecular formula is C31H28N5O6S-. The first kappa shape index (κ1) is 29.3. The highest BCUT2D eigenvalue weighted by molar-refractivity contribution is 7.81. The van der Waals surface area contributed by atoms with Gasteiger partial charge < -0.3 is 29.4 Å². The SMILES string of the molecule is COc1cc(Nc2nc3ccccc3nc2N(c2cccc(NC(=O)Cc3ccccc3OC)c2)S(=O)[O-])cc(OC)c1. The van der Waals surface area contributed by atoms with Gasteiger partial charge in [-0.3, -0.25) is 13.3 Å². The molecule has 1 amide bonds. The maximum Gasteiger partial charge on any atom is 0.228 e. The highest BCUT2D eigenvalue weighted by atomic mass is 32.2. The quantitative estimate of drug-likeness (QED) is 0.188. The Hall–Kier alpha value is -5.20. The molecule has 0 saturated carbocycles. The number of nitrogens with zero attached hydrogens (tertiary/aromatic N) is 3. The lowest BCUT2D eigenvalue weighted by atomic mass is 10.1. The molecule has 43 heavy (non-hydrogen) atoms. The van der Waals surface area contributed by atoms with Crippen molar-refractivity contribution < 1.29 is 27.8 Å². The van der Waals surface area contributed by atoms with Gasteiger partial charge in [0.05, 0.1) is 55.7 Å². The van der Waals surface area contributed by atoms with E-state index in [9.17, 15) is 13.6 Å². The summed E-state index contributed by atoms with van der Waals surface area (Å²) in [5.41, 5.74) is 2.93. The van der Waals surface area contributed by atoms with Crippen LogP contribution in [0.3, 0.4) is 0 Å². The zero-order chi connectivity index (χ0) is 30.3. The average Bonchev–Trinajstić information content (AvgIpc) is 3.01. The minimum atomic E-state index is -2.82. The Balaban J connectivity index is 1.52. The monoisotopic (exact) mass is 598 g/mol. The Morgan fingerprint density at radius 2 is 1.49 bits per heavy atom. The van der Waals surface area contributed by atoms with Crippen molar-refractivity contribution in [3.63, 3.8) is 0 Å². The maximum absolute atomic E-state index is 12.9. The molecule has 0 aliphatic rings. The van der Waals surface area contributed by atoms with Crippen LogP contribution in [0.1, 0.15) is 5.56 Å². The molecule has 4 aromatic carbocycles. The van der Waals surface area contributed by atoms with E-state index in [0.717, 1.165) is 9.87 Å². The number of para-hydroxylation sites is 3. The Morgan fingerprint density at radius 3 is 2.16 bits per heavy atom. The molecule has 220 valence electrons. The summed E-state index contributed by atoms with van der Waals surface area (Å²) in [5, 5.41) is 6.01. The van der Waals surface area contributed by atoms with Crippen molar-refractivity contribution >= 4 is 56.9 Å². The van der Waals surface area contributed by atoms with E-state index < -0.39 is 11.3 Å². The Morgan fingerprint density at radius 1 is 0.814 bits per heavy atom. The van der Waals surface area contributed by atoms with Crippen LogP contribution in [-0.4, -0.2) is 46.0 Å². The van der Waals surface area contributed by atoms with Gasteiger partial charge in [-0.2, -0.15) is 0 Å². The van der Waals surface area contributed by atoms with Gasteiger partial charge in [0, 0.05) is 35.1 Å². The van der Waals surface area contributed by atoms with E-state index in [2.05, 4.69) is 15.6 Å². The molecule has 1 aromatic heterocycles. The summed E-state index contributed by atoms with van der Waals surface area (Å²) in [4.78, 5) is 22.2. The molecule has 1 atom stereocenters. The molecule has 0 fully saturated rings. The third kappa shape index (κ3) is 6.83. The van der Waals surface area contributed by atoms with E-state index in [0.29, 0.717) is 39.7 Å². The fourth-order valence-corrected chi connectivity index (χ4v) is 5.00. The largest absolute Gasteiger partial charge is 0.755 e. The first-order valence-electron chi connectivity index (χ1n) is 13.1. The van der Waals surface area contributed by atoms with Gasteiger partial charge >= 0.3 is 0 Å². The predicted molar refractivity (Wildman–Crippen MR) is 165 cm³/mol. The van der Waals surface area contributed by atoms with Crippen molar-refractivity contribution in [2.45, 2.75) is 6.42 Å². The predicted octanol–water partition coefficient (Wildman–Crippen LogP) is 5.51. The number of benzene rings is 4. The molecule has 1 heterocycles. The third-order valence-electron chi connectivity index (χ3n) is 6.42. The van der Waals surface area contributed by atoms with E-state index in [1.54, 1.807) is 73.8 Å². The van der Waals surface area contributed by atoms with E-state index in [-0.39, 0.29) is 29.7 Å². The van der Waals surface area contributed by atoms with Crippen LogP contribution in [0.4, 0.5) is 28.7 Å². The number of carbonyl (C=O) groups excluding carboxylic acids is 1. The van der Waals surface area contributed by atoms with Crippen LogP contribution in [0.5, 0.6) is 17.2 Å². The molecule has 12 heteroatoms. The highest BCUT2D eigenvalue weighted by Gasteiger charge is 2.21. The smallest absolute Gasteiger partial charge is 0.228 e. The zero-order valence-electron chi connectivity index (χ0n) is 23.6. The van der Waals surface area contributed by atoms with Crippen LogP contribution in [0, 0.1) is 0 Å². The lowest BCUT2D eigenvalue weighted by Gasteiger charge is -2.27. The van der Waals surface area contributed by atoms with Crippen LogP contribution in [0.25, 0.3) is 11.0 Å². The number of ether oxygens (including phenoxy) is 3. The number of carbonyl (C=O) groups is 1. The van der Waals surface area contributed by atoms with Crippen molar-refractivity contribution in [3.8, 4) is 17.2 Å². The summed E-state index contributed by atoms with van der Waals surface area (Å²) in [6.45, 7) is 0. The molecule has 0 saturated heterocycles. The van der Waals surface area contributed by atoms with Crippen molar-refractivity contribution in [2.24, 2.45) is 0 Å². The molecule has 5 aromatic rings. The zero-order valence-corrected chi connectivity index (χ0v) is 24.4. The fraction of sp³-hybridized carbons (Fsp3) is 0.129. The summed E-state index contributed by atoms with van der Waals surface area (Å²) in [7, 11) is 4.61. The van der Waals surface area contributed by atoms with Gasteiger partial charge in [0.2, 0.25) is 5.91 Å². The van der Waals surface area contributed by atoms with Gasteiger partial charge in [-0.1, -0.05) is 36.4 Å².